The van der Waals surface area contributed by atoms with Gasteiger partial charge in [-0.3, -0.25) is 29.4 Å². The summed E-state index contributed by atoms with van der Waals surface area (Å²) >= 11 is 0. The zero-order chi connectivity index (χ0) is 22.0. The van der Waals surface area contributed by atoms with Gasteiger partial charge in [0.25, 0.3) is 0 Å². The normalized spacial score (nSPS) is 30.1. The van der Waals surface area contributed by atoms with Gasteiger partial charge in [0.05, 0.1) is 11.8 Å². The summed E-state index contributed by atoms with van der Waals surface area (Å²) in [4.78, 5) is 53.1. The van der Waals surface area contributed by atoms with Crippen LogP contribution in [0.1, 0.15) is 51.7 Å². The first-order valence-electron chi connectivity index (χ1n) is 10.4. The maximum atomic E-state index is 13.6. The second-order valence-electron chi connectivity index (χ2n) is 9.44. The van der Waals surface area contributed by atoms with Crippen molar-refractivity contribution >= 4 is 29.3 Å². The fourth-order valence-corrected chi connectivity index (χ4v) is 5.28. The quantitative estimate of drug-likeness (QED) is 0.638. The number of primary amides is 1. The molecule has 4 rings (SSSR count). The maximum absolute atomic E-state index is 13.6. The number of rotatable bonds is 4. The van der Waals surface area contributed by atoms with Crippen molar-refractivity contribution in [1.29, 1.82) is 0 Å². The van der Waals surface area contributed by atoms with Gasteiger partial charge in [0, 0.05) is 29.3 Å². The van der Waals surface area contributed by atoms with Gasteiger partial charge in [-0.2, -0.15) is 0 Å². The first-order valence-corrected chi connectivity index (χ1v) is 10.4. The van der Waals surface area contributed by atoms with Crippen molar-refractivity contribution < 1.29 is 19.2 Å². The fourth-order valence-electron chi connectivity index (χ4n) is 5.28. The Morgan fingerprint density at radius 2 is 1.90 bits per heavy atom. The first kappa shape index (κ1) is 20.5. The third-order valence-electron chi connectivity index (χ3n) is 6.56. The van der Waals surface area contributed by atoms with E-state index >= 15 is 0 Å². The monoisotopic (exact) mass is 412 g/mol. The molecule has 4 atom stereocenters. The zero-order valence-corrected chi connectivity index (χ0v) is 17.7. The molecule has 4 amide bonds. The van der Waals surface area contributed by atoms with Gasteiger partial charge in [-0.05, 0) is 45.2 Å². The first-order chi connectivity index (χ1) is 14.0. The molecule has 8 nitrogen and oxygen atoms in total. The minimum absolute atomic E-state index is 0.0669. The van der Waals surface area contributed by atoms with Crippen LogP contribution in [0, 0.1) is 11.8 Å². The van der Waals surface area contributed by atoms with Crippen LogP contribution in [0.25, 0.3) is 0 Å². The molecule has 160 valence electrons. The summed E-state index contributed by atoms with van der Waals surface area (Å²) in [7, 11) is 0. The third-order valence-corrected chi connectivity index (χ3v) is 6.56. The molecule has 0 bridgehead atoms. The molecule has 1 aromatic rings. The fraction of sp³-hybridized carbons (Fsp3) is 0.545. The number of carbonyl (C=O) groups is 4. The molecular weight excluding hydrogens is 384 g/mol. The van der Waals surface area contributed by atoms with Crippen molar-refractivity contribution in [3.63, 3.8) is 0 Å². The summed E-state index contributed by atoms with van der Waals surface area (Å²) < 4.78 is 0. The van der Waals surface area contributed by atoms with Crippen molar-refractivity contribution in [3.05, 3.63) is 29.3 Å². The Morgan fingerprint density at radius 1 is 1.20 bits per heavy atom. The molecule has 0 aromatic heterocycles. The van der Waals surface area contributed by atoms with Crippen molar-refractivity contribution in [2.75, 3.05) is 5.32 Å². The van der Waals surface area contributed by atoms with Crippen molar-refractivity contribution in [3.8, 4) is 0 Å². The van der Waals surface area contributed by atoms with E-state index in [2.05, 4.69) is 10.6 Å². The van der Waals surface area contributed by atoms with E-state index in [4.69, 9.17) is 5.73 Å². The van der Waals surface area contributed by atoms with Gasteiger partial charge in [-0.25, -0.2) is 0 Å². The van der Waals surface area contributed by atoms with E-state index in [9.17, 15) is 19.2 Å². The number of hydrogen-bond acceptors (Lipinski definition) is 5. The Bertz CT molecular complexity index is 966. The lowest BCUT2D eigenvalue weighted by Crippen LogP contribution is -2.55. The van der Waals surface area contributed by atoms with E-state index in [0.717, 1.165) is 12.0 Å². The van der Waals surface area contributed by atoms with Crippen LogP contribution in [0.5, 0.6) is 0 Å². The average Bonchev–Trinajstić information content (AvgIpc) is 3.24. The highest BCUT2D eigenvalue weighted by molar-refractivity contribution is 6.15. The molecule has 0 saturated carbocycles. The van der Waals surface area contributed by atoms with Crippen LogP contribution in [0.4, 0.5) is 5.69 Å². The highest BCUT2D eigenvalue weighted by Crippen LogP contribution is 2.54. The number of nitrogens with zero attached hydrogens (tertiary/aromatic N) is 1. The van der Waals surface area contributed by atoms with E-state index in [1.807, 2.05) is 25.1 Å². The van der Waals surface area contributed by atoms with E-state index in [1.54, 1.807) is 20.8 Å². The SMILES string of the molecule is CCc1ccc2c(c1)C1(NC(CCC(N)=O)C3C(=O)N(C(C)(C)C)C(=O)C31)C(=O)N2. The van der Waals surface area contributed by atoms with Crippen LogP contribution in [0.2, 0.25) is 0 Å². The summed E-state index contributed by atoms with van der Waals surface area (Å²) in [6.45, 7) is 7.44. The van der Waals surface area contributed by atoms with Crippen LogP contribution in [-0.2, 0) is 31.1 Å². The smallest absolute Gasteiger partial charge is 0.250 e. The minimum Gasteiger partial charge on any atom is -0.370 e. The third kappa shape index (κ3) is 2.70. The number of amides is 4. The average molecular weight is 412 g/mol. The molecule has 0 radical (unpaired) electrons. The molecule has 3 aliphatic heterocycles. The van der Waals surface area contributed by atoms with Crippen LogP contribution < -0.4 is 16.4 Å². The van der Waals surface area contributed by atoms with E-state index in [0.29, 0.717) is 11.3 Å². The molecule has 2 fully saturated rings. The Balaban J connectivity index is 1.88. The molecule has 1 aromatic carbocycles. The van der Waals surface area contributed by atoms with Crippen LogP contribution >= 0.6 is 0 Å². The number of aryl methyl sites for hydroxylation is 1. The Labute approximate surface area is 175 Å². The highest BCUT2D eigenvalue weighted by atomic mass is 16.2. The number of likely N-dealkylation sites (tertiary alicyclic amines) is 1. The Morgan fingerprint density at radius 3 is 2.50 bits per heavy atom. The van der Waals surface area contributed by atoms with E-state index in [1.165, 1.54) is 4.90 Å². The van der Waals surface area contributed by atoms with E-state index < -0.39 is 34.9 Å². The molecule has 2 saturated heterocycles. The van der Waals surface area contributed by atoms with Gasteiger partial charge in [-0.1, -0.05) is 19.1 Å². The van der Waals surface area contributed by atoms with E-state index in [-0.39, 0.29) is 30.6 Å². The lowest BCUT2D eigenvalue weighted by Gasteiger charge is -2.34. The van der Waals surface area contributed by atoms with Crippen LogP contribution in [0.3, 0.4) is 0 Å². The predicted molar refractivity (Wildman–Crippen MR) is 110 cm³/mol. The lowest BCUT2D eigenvalue weighted by molar-refractivity contribution is -0.148. The topological polar surface area (TPSA) is 122 Å². The molecule has 30 heavy (non-hydrogen) atoms. The second-order valence-corrected chi connectivity index (χ2v) is 9.44. The number of anilines is 1. The van der Waals surface area contributed by atoms with Crippen LogP contribution in [0.15, 0.2) is 18.2 Å². The van der Waals surface area contributed by atoms with Gasteiger partial charge in [0.2, 0.25) is 23.6 Å². The highest BCUT2D eigenvalue weighted by Gasteiger charge is 2.71. The Kier molecular flexibility index (Phi) is 4.54. The summed E-state index contributed by atoms with van der Waals surface area (Å²) in [6.07, 6.45) is 1.13. The summed E-state index contributed by atoms with van der Waals surface area (Å²) in [5.41, 5.74) is 5.68. The Hall–Kier alpha value is -2.74. The lowest BCUT2D eigenvalue weighted by atomic mass is 9.76. The molecule has 3 aliphatic rings. The summed E-state index contributed by atoms with van der Waals surface area (Å²) in [5.74, 6) is -3.06. The molecular formula is C22H28N4O4. The standard InChI is InChI=1S/C22H28N4O4/c1-5-11-6-7-13-12(10-11)22(20(30)24-13)17-16(14(25-22)8-9-15(23)27)18(28)26(19(17)29)21(2,3)4/h6-7,10,14,16-17,25H,5,8-9H2,1-4H3,(H2,23,27)(H,24,30). The predicted octanol–water partition coefficient (Wildman–Crippen LogP) is 1.03. The van der Waals surface area contributed by atoms with Gasteiger partial charge < -0.3 is 11.1 Å². The molecule has 1 spiro atoms. The molecule has 4 unspecified atom stereocenters. The summed E-state index contributed by atoms with van der Waals surface area (Å²) in [5, 5.41) is 6.22. The molecule has 3 heterocycles. The van der Waals surface area contributed by atoms with Crippen molar-refractivity contribution in [2.45, 2.75) is 64.1 Å². The van der Waals surface area contributed by atoms with Gasteiger partial charge in [0.15, 0.2) is 0 Å². The minimum atomic E-state index is -1.33. The van der Waals surface area contributed by atoms with Gasteiger partial charge in [-0.15, -0.1) is 0 Å². The number of imide groups is 1. The maximum Gasteiger partial charge on any atom is 0.250 e. The number of benzene rings is 1. The largest absolute Gasteiger partial charge is 0.370 e. The van der Waals surface area contributed by atoms with Crippen LogP contribution in [-0.4, -0.2) is 40.1 Å². The number of fused-ring (bicyclic) bond motifs is 4. The molecule has 8 heteroatoms. The number of carbonyl (C=O) groups excluding carboxylic acids is 4. The molecule has 0 aliphatic carbocycles. The van der Waals surface area contributed by atoms with Gasteiger partial charge in [0.1, 0.15) is 5.54 Å². The summed E-state index contributed by atoms with van der Waals surface area (Å²) in [6, 6.07) is 5.22. The van der Waals surface area contributed by atoms with Crippen molar-refractivity contribution in [1.82, 2.24) is 10.2 Å². The zero-order valence-electron chi connectivity index (χ0n) is 17.7. The number of nitrogens with one attached hydrogen (secondary N) is 2. The number of hydrogen-bond donors (Lipinski definition) is 3. The van der Waals surface area contributed by atoms with Gasteiger partial charge >= 0.3 is 0 Å². The van der Waals surface area contributed by atoms with Crippen molar-refractivity contribution in [2.24, 2.45) is 17.6 Å². The second kappa shape index (κ2) is 6.63. The molecule has 4 N–H and O–H groups in total. The number of nitrogens with two attached hydrogens (primary N) is 1.